The van der Waals surface area contributed by atoms with Crippen LogP contribution in [0.1, 0.15) is 21.5 Å². The minimum atomic E-state index is -0.0514. The molecular weight excluding hydrogens is 256 g/mol. The second-order valence-electron chi connectivity index (χ2n) is 4.92. The smallest absolute Gasteiger partial charge is 0.254 e. The van der Waals surface area contributed by atoms with Crippen molar-refractivity contribution in [1.29, 1.82) is 0 Å². The van der Waals surface area contributed by atoms with E-state index in [4.69, 9.17) is 9.84 Å². The summed E-state index contributed by atoms with van der Waals surface area (Å²) in [6.07, 6.45) is 1.01. The molecule has 5 heteroatoms. The molecule has 0 fully saturated rings. The molecule has 0 unspecified atom stereocenters. The molecule has 1 heterocycles. The number of methoxy groups -OCH3 is 1. The Hall–Kier alpha value is -1.43. The molecule has 5 nitrogen and oxygen atoms in total. The Labute approximate surface area is 119 Å². The fraction of sp³-hybridized carbons (Fsp3) is 0.533. The predicted molar refractivity (Wildman–Crippen MR) is 76.7 cm³/mol. The van der Waals surface area contributed by atoms with Gasteiger partial charge in [0.2, 0.25) is 0 Å². The van der Waals surface area contributed by atoms with Crippen LogP contribution in [0, 0.1) is 0 Å². The maximum absolute atomic E-state index is 12.5. The van der Waals surface area contributed by atoms with E-state index >= 15 is 0 Å². The van der Waals surface area contributed by atoms with E-state index in [0.717, 1.165) is 19.5 Å². The Balaban J connectivity index is 2.13. The van der Waals surface area contributed by atoms with Gasteiger partial charge >= 0.3 is 0 Å². The summed E-state index contributed by atoms with van der Waals surface area (Å²) >= 11 is 0. The fourth-order valence-electron chi connectivity index (χ4n) is 2.43. The average molecular weight is 278 g/mol. The van der Waals surface area contributed by atoms with Gasteiger partial charge in [0.15, 0.2) is 0 Å². The van der Waals surface area contributed by atoms with Gasteiger partial charge in [-0.1, -0.05) is 6.07 Å². The van der Waals surface area contributed by atoms with Gasteiger partial charge in [0.1, 0.15) is 0 Å². The molecule has 0 saturated carbocycles. The number of carbonyl (C=O) groups is 1. The Bertz CT molecular complexity index is 462. The Morgan fingerprint density at radius 2 is 2.25 bits per heavy atom. The second kappa shape index (κ2) is 7.38. The number of hydrogen-bond donors (Lipinski definition) is 2. The molecule has 0 radical (unpaired) electrons. The summed E-state index contributed by atoms with van der Waals surface area (Å²) < 4.78 is 5.01. The summed E-state index contributed by atoms with van der Waals surface area (Å²) in [7, 11) is 1.60. The number of amides is 1. The van der Waals surface area contributed by atoms with Crippen LogP contribution in [-0.4, -0.2) is 55.9 Å². The monoisotopic (exact) mass is 278 g/mol. The van der Waals surface area contributed by atoms with E-state index in [-0.39, 0.29) is 12.5 Å². The van der Waals surface area contributed by atoms with Crippen molar-refractivity contribution in [3.8, 4) is 0 Å². The first-order chi connectivity index (χ1) is 9.76. The summed E-state index contributed by atoms with van der Waals surface area (Å²) in [6, 6.07) is 5.88. The van der Waals surface area contributed by atoms with Crippen molar-refractivity contribution in [3.05, 3.63) is 34.9 Å². The Morgan fingerprint density at radius 3 is 3.00 bits per heavy atom. The molecule has 1 amide bonds. The molecule has 1 aliphatic heterocycles. The van der Waals surface area contributed by atoms with Gasteiger partial charge in [-0.15, -0.1) is 0 Å². The van der Waals surface area contributed by atoms with Crippen LogP contribution in [0.2, 0.25) is 0 Å². The van der Waals surface area contributed by atoms with Crippen LogP contribution < -0.4 is 5.32 Å². The van der Waals surface area contributed by atoms with Gasteiger partial charge in [0, 0.05) is 32.3 Å². The number of rotatable bonds is 6. The number of benzene rings is 1. The third-order valence-electron chi connectivity index (χ3n) is 3.56. The topological polar surface area (TPSA) is 61.8 Å². The molecule has 2 N–H and O–H groups in total. The van der Waals surface area contributed by atoms with Crippen LogP contribution in [0.25, 0.3) is 0 Å². The molecule has 2 rings (SSSR count). The zero-order valence-electron chi connectivity index (χ0n) is 11.9. The van der Waals surface area contributed by atoms with Crippen molar-refractivity contribution < 1.29 is 14.6 Å². The van der Waals surface area contributed by atoms with Crippen molar-refractivity contribution >= 4 is 5.91 Å². The van der Waals surface area contributed by atoms with Crippen LogP contribution in [-0.2, 0) is 17.7 Å². The largest absolute Gasteiger partial charge is 0.395 e. The molecule has 0 aliphatic carbocycles. The normalized spacial score (nSPS) is 13.9. The fourth-order valence-corrected chi connectivity index (χ4v) is 2.43. The number of aliphatic hydroxyl groups is 1. The van der Waals surface area contributed by atoms with Crippen LogP contribution in [0.15, 0.2) is 18.2 Å². The van der Waals surface area contributed by atoms with Crippen LogP contribution in [0.3, 0.4) is 0 Å². The lowest BCUT2D eigenvalue weighted by atomic mass is 9.98. The standard InChI is InChI=1S/C15H22N2O3/c1-20-9-7-17(6-8-18)15(19)13-3-2-12-4-5-16-11-14(12)10-13/h2-3,10,16,18H,4-9,11H2,1H3. The van der Waals surface area contributed by atoms with Crippen molar-refractivity contribution in [2.75, 3.05) is 40.0 Å². The lowest BCUT2D eigenvalue weighted by Crippen LogP contribution is -2.36. The molecule has 1 aromatic rings. The van der Waals surface area contributed by atoms with E-state index in [1.54, 1.807) is 12.0 Å². The highest BCUT2D eigenvalue weighted by Gasteiger charge is 2.17. The minimum Gasteiger partial charge on any atom is -0.395 e. The molecule has 1 aliphatic rings. The molecule has 1 aromatic carbocycles. The summed E-state index contributed by atoms with van der Waals surface area (Å²) in [6.45, 7) is 3.06. The molecule has 110 valence electrons. The van der Waals surface area contributed by atoms with Gasteiger partial charge in [0.05, 0.1) is 13.2 Å². The molecule has 0 atom stereocenters. The third kappa shape index (κ3) is 3.56. The number of nitrogens with zero attached hydrogens (tertiary/aromatic N) is 1. The molecule has 0 bridgehead atoms. The molecule has 0 saturated heterocycles. The van der Waals surface area contributed by atoms with Crippen LogP contribution in [0.5, 0.6) is 0 Å². The summed E-state index contributed by atoms with van der Waals surface area (Å²) in [5.74, 6) is -0.0514. The highest BCUT2D eigenvalue weighted by molar-refractivity contribution is 5.94. The lowest BCUT2D eigenvalue weighted by molar-refractivity contribution is 0.0656. The average Bonchev–Trinajstić information content (AvgIpc) is 2.50. The third-order valence-corrected chi connectivity index (χ3v) is 3.56. The quantitative estimate of drug-likeness (QED) is 0.791. The van der Waals surface area contributed by atoms with Gasteiger partial charge in [-0.25, -0.2) is 0 Å². The van der Waals surface area contributed by atoms with Gasteiger partial charge in [-0.05, 0) is 36.2 Å². The number of carbonyl (C=O) groups excluding carboxylic acids is 1. The number of nitrogens with one attached hydrogen (secondary N) is 1. The lowest BCUT2D eigenvalue weighted by Gasteiger charge is -2.23. The molecule has 0 spiro atoms. The number of hydrogen-bond acceptors (Lipinski definition) is 4. The minimum absolute atomic E-state index is 0.0397. The zero-order valence-corrected chi connectivity index (χ0v) is 11.9. The van der Waals surface area contributed by atoms with E-state index in [9.17, 15) is 4.79 Å². The first kappa shape index (κ1) is 15.0. The van der Waals surface area contributed by atoms with Gasteiger partial charge < -0.3 is 20.1 Å². The van der Waals surface area contributed by atoms with Crippen molar-refractivity contribution in [3.63, 3.8) is 0 Å². The van der Waals surface area contributed by atoms with E-state index in [1.807, 2.05) is 18.2 Å². The van der Waals surface area contributed by atoms with E-state index in [0.29, 0.717) is 25.3 Å². The van der Waals surface area contributed by atoms with Crippen molar-refractivity contribution in [2.45, 2.75) is 13.0 Å². The molecular formula is C15H22N2O3. The highest BCUT2D eigenvalue weighted by atomic mass is 16.5. The maximum atomic E-state index is 12.5. The van der Waals surface area contributed by atoms with Gasteiger partial charge in [-0.3, -0.25) is 4.79 Å². The molecule has 0 aromatic heterocycles. The highest BCUT2D eigenvalue weighted by Crippen LogP contribution is 2.17. The summed E-state index contributed by atoms with van der Waals surface area (Å²) in [5.41, 5.74) is 3.18. The summed E-state index contributed by atoms with van der Waals surface area (Å²) in [4.78, 5) is 14.1. The first-order valence-electron chi connectivity index (χ1n) is 6.98. The number of aliphatic hydroxyl groups excluding tert-OH is 1. The predicted octanol–water partition coefficient (Wildman–Crippen LogP) is 0.413. The number of fused-ring (bicyclic) bond motifs is 1. The zero-order chi connectivity index (χ0) is 14.4. The van der Waals surface area contributed by atoms with Gasteiger partial charge in [-0.2, -0.15) is 0 Å². The Kier molecular flexibility index (Phi) is 5.52. The van der Waals surface area contributed by atoms with Gasteiger partial charge in [0.25, 0.3) is 5.91 Å². The van der Waals surface area contributed by atoms with Crippen LogP contribution >= 0.6 is 0 Å². The maximum Gasteiger partial charge on any atom is 0.254 e. The number of ether oxygens (including phenoxy) is 1. The Morgan fingerprint density at radius 1 is 1.40 bits per heavy atom. The van der Waals surface area contributed by atoms with Crippen LogP contribution in [0.4, 0.5) is 0 Å². The van der Waals surface area contributed by atoms with E-state index in [2.05, 4.69) is 5.32 Å². The first-order valence-corrected chi connectivity index (χ1v) is 6.98. The SMILES string of the molecule is COCCN(CCO)C(=O)c1ccc2c(c1)CNCC2. The second-order valence-corrected chi connectivity index (χ2v) is 4.92. The van der Waals surface area contributed by atoms with Crippen molar-refractivity contribution in [1.82, 2.24) is 10.2 Å². The summed E-state index contributed by atoms with van der Waals surface area (Å²) in [5, 5.41) is 12.4. The molecule has 20 heavy (non-hydrogen) atoms. The van der Waals surface area contributed by atoms with Crippen molar-refractivity contribution in [2.24, 2.45) is 0 Å². The van der Waals surface area contributed by atoms with E-state index in [1.165, 1.54) is 11.1 Å². The van der Waals surface area contributed by atoms with E-state index < -0.39 is 0 Å².